The molecule has 0 amide bonds. The van der Waals surface area contributed by atoms with Crippen LogP contribution >= 0.6 is 0 Å². The van der Waals surface area contributed by atoms with Gasteiger partial charge in [0.05, 0.1) is 28.0 Å². The molecule has 36 heavy (non-hydrogen) atoms. The Morgan fingerprint density at radius 3 is 2.47 bits per heavy atom. The Kier molecular flexibility index (Phi) is 7.23. The summed E-state index contributed by atoms with van der Waals surface area (Å²) in [7, 11) is -6.55. The van der Waals surface area contributed by atoms with Gasteiger partial charge in [0, 0.05) is 20.1 Å². The molecule has 12 nitrogen and oxygen atoms in total. The van der Waals surface area contributed by atoms with Crippen molar-refractivity contribution in [3.05, 3.63) is 34.2 Å². The number of hydrogen-bond acceptors (Lipinski definition) is 8. The normalized spacial score (nSPS) is 16.0. The number of aromatic nitrogens is 4. The number of rotatable bonds is 8. The summed E-state index contributed by atoms with van der Waals surface area (Å²) in [5.41, 5.74) is 1.34. The third-order valence-electron chi connectivity index (χ3n) is 6.22. The first-order valence-electron chi connectivity index (χ1n) is 11.7. The van der Waals surface area contributed by atoms with Gasteiger partial charge in [-0.2, -0.15) is 17.8 Å². The number of H-pyrrole nitrogens is 1. The number of nitrogens with one attached hydrogen (secondary N) is 1. The molecule has 2 N–H and O–H groups in total. The van der Waals surface area contributed by atoms with Gasteiger partial charge in [0.2, 0.25) is 10.0 Å². The smallest absolute Gasteiger partial charge is 0.277 e. The van der Waals surface area contributed by atoms with Crippen molar-refractivity contribution in [2.45, 2.75) is 49.7 Å². The minimum atomic E-state index is -4.23. The molecule has 1 aromatic carbocycles. The number of ether oxygens (including phenoxy) is 1. The van der Waals surface area contributed by atoms with E-state index in [9.17, 15) is 26.2 Å². The highest BCUT2D eigenvalue weighted by Gasteiger charge is 2.34. The van der Waals surface area contributed by atoms with Crippen LogP contribution in [0.1, 0.15) is 38.8 Å². The summed E-state index contributed by atoms with van der Waals surface area (Å²) in [6.07, 6.45) is 1.42. The average Bonchev–Trinajstić information content (AvgIpc) is 3.14. The SMILES string of the molecule is CCCc1nn(C)c2c(=O)[nH]c(-c3cc(S(=O)(=O)N4CCC(S(=O)(=O)O)CC4)ccc3OCC)nc12. The predicted octanol–water partition coefficient (Wildman–Crippen LogP) is 1.72. The predicted molar refractivity (Wildman–Crippen MR) is 133 cm³/mol. The lowest BCUT2D eigenvalue weighted by Gasteiger charge is -2.29. The van der Waals surface area contributed by atoms with Gasteiger partial charge in [-0.3, -0.25) is 14.0 Å². The Bertz CT molecular complexity index is 1550. The highest BCUT2D eigenvalue weighted by molar-refractivity contribution is 7.89. The van der Waals surface area contributed by atoms with Crippen molar-refractivity contribution in [3.63, 3.8) is 0 Å². The van der Waals surface area contributed by atoms with Crippen molar-refractivity contribution < 1.29 is 26.1 Å². The summed E-state index contributed by atoms with van der Waals surface area (Å²) in [4.78, 5) is 20.3. The third-order valence-corrected chi connectivity index (χ3v) is 9.42. The molecule has 0 atom stereocenters. The Hall–Kier alpha value is -2.81. The van der Waals surface area contributed by atoms with Crippen molar-refractivity contribution in [2.24, 2.45) is 7.05 Å². The van der Waals surface area contributed by atoms with Gasteiger partial charge in [-0.15, -0.1) is 0 Å². The molecule has 4 rings (SSSR count). The number of piperidine rings is 1. The molecule has 3 aromatic rings. The Morgan fingerprint density at radius 2 is 1.86 bits per heavy atom. The molecule has 1 fully saturated rings. The second-order valence-electron chi connectivity index (χ2n) is 8.64. The first-order valence-corrected chi connectivity index (χ1v) is 14.6. The van der Waals surface area contributed by atoms with E-state index in [1.54, 1.807) is 14.0 Å². The molecule has 14 heteroatoms. The van der Waals surface area contributed by atoms with Crippen molar-refractivity contribution in [2.75, 3.05) is 19.7 Å². The van der Waals surface area contributed by atoms with Crippen LogP contribution in [0.4, 0.5) is 0 Å². The summed E-state index contributed by atoms with van der Waals surface area (Å²) in [5, 5.41) is 3.43. The number of aryl methyl sites for hydroxylation is 2. The lowest BCUT2D eigenvalue weighted by Crippen LogP contribution is -2.42. The van der Waals surface area contributed by atoms with Crippen LogP contribution in [0.2, 0.25) is 0 Å². The van der Waals surface area contributed by atoms with Crippen LogP contribution in [-0.4, -0.2) is 70.4 Å². The molecule has 0 unspecified atom stereocenters. The minimum absolute atomic E-state index is 0.00525. The average molecular weight is 540 g/mol. The first kappa shape index (κ1) is 26.3. The van der Waals surface area contributed by atoms with E-state index >= 15 is 0 Å². The Morgan fingerprint density at radius 1 is 1.17 bits per heavy atom. The van der Waals surface area contributed by atoms with Crippen molar-refractivity contribution in [1.29, 1.82) is 0 Å². The van der Waals surface area contributed by atoms with Crippen LogP contribution in [-0.2, 0) is 33.6 Å². The van der Waals surface area contributed by atoms with Gasteiger partial charge in [0.15, 0.2) is 5.52 Å². The van der Waals surface area contributed by atoms with Gasteiger partial charge in [0.25, 0.3) is 15.7 Å². The Labute approximate surface area is 209 Å². The van der Waals surface area contributed by atoms with Gasteiger partial charge in [-0.25, -0.2) is 13.4 Å². The molecule has 0 saturated carbocycles. The summed E-state index contributed by atoms with van der Waals surface area (Å²) in [6, 6.07) is 4.31. The second-order valence-corrected chi connectivity index (χ2v) is 12.3. The molecule has 1 aliphatic rings. The van der Waals surface area contributed by atoms with Gasteiger partial charge in [-0.1, -0.05) is 13.3 Å². The lowest BCUT2D eigenvalue weighted by atomic mass is 10.1. The fourth-order valence-corrected chi connectivity index (χ4v) is 6.74. The summed E-state index contributed by atoms with van der Waals surface area (Å²) in [5.74, 6) is 0.508. The highest BCUT2D eigenvalue weighted by atomic mass is 32.2. The second kappa shape index (κ2) is 9.92. The zero-order valence-electron chi connectivity index (χ0n) is 20.3. The zero-order chi connectivity index (χ0) is 26.3. The lowest BCUT2D eigenvalue weighted by molar-refractivity contribution is 0.334. The quantitative estimate of drug-likeness (QED) is 0.405. The van der Waals surface area contributed by atoms with Gasteiger partial charge in [-0.05, 0) is 44.4 Å². The Balaban J connectivity index is 1.78. The molecule has 1 aliphatic heterocycles. The topological polar surface area (TPSA) is 165 Å². The van der Waals surface area contributed by atoms with E-state index in [1.165, 1.54) is 27.2 Å². The molecular weight excluding hydrogens is 510 g/mol. The van der Waals surface area contributed by atoms with E-state index in [0.29, 0.717) is 41.1 Å². The van der Waals surface area contributed by atoms with Crippen LogP contribution in [0.25, 0.3) is 22.4 Å². The van der Waals surface area contributed by atoms with E-state index in [4.69, 9.17) is 4.74 Å². The van der Waals surface area contributed by atoms with Crippen LogP contribution < -0.4 is 10.3 Å². The maximum Gasteiger partial charge on any atom is 0.277 e. The van der Waals surface area contributed by atoms with E-state index in [2.05, 4.69) is 15.1 Å². The number of benzene rings is 1. The fourth-order valence-electron chi connectivity index (χ4n) is 4.43. The highest BCUT2D eigenvalue weighted by Crippen LogP contribution is 2.33. The molecule has 3 heterocycles. The molecule has 1 saturated heterocycles. The molecule has 0 spiro atoms. The maximum atomic E-state index is 13.4. The van der Waals surface area contributed by atoms with Gasteiger partial charge >= 0.3 is 0 Å². The largest absolute Gasteiger partial charge is 0.493 e. The van der Waals surface area contributed by atoms with Crippen LogP contribution in [0.15, 0.2) is 27.9 Å². The van der Waals surface area contributed by atoms with Gasteiger partial charge in [0.1, 0.15) is 17.1 Å². The molecule has 0 radical (unpaired) electrons. The van der Waals surface area contributed by atoms with Crippen molar-refractivity contribution >= 4 is 31.2 Å². The van der Waals surface area contributed by atoms with Crippen LogP contribution in [0, 0.1) is 0 Å². The number of sulfonamides is 1. The molecule has 2 aromatic heterocycles. The number of aromatic amines is 1. The third kappa shape index (κ3) is 4.90. The number of hydrogen-bond donors (Lipinski definition) is 2. The van der Waals surface area contributed by atoms with E-state index in [1.807, 2.05) is 6.92 Å². The van der Waals surface area contributed by atoms with E-state index in [0.717, 1.165) is 6.42 Å². The summed E-state index contributed by atoms with van der Waals surface area (Å²) in [6.45, 7) is 3.99. The molecule has 0 bridgehead atoms. The van der Waals surface area contributed by atoms with Crippen molar-refractivity contribution in [1.82, 2.24) is 24.1 Å². The summed E-state index contributed by atoms with van der Waals surface area (Å²) < 4.78 is 67.3. The standard InChI is InChI=1S/C22H29N5O7S2/c1-4-6-17-19-20(26(3)25-17)22(28)24-21(23-19)16-13-15(7-8-18(16)34-5-2)35(29,30)27-11-9-14(10-12-27)36(31,32)33/h7-8,13-14H,4-6,9-12H2,1-3H3,(H,23,24,28)(H,31,32,33). The van der Waals surface area contributed by atoms with Crippen LogP contribution in [0.3, 0.4) is 0 Å². The minimum Gasteiger partial charge on any atom is -0.493 e. The number of fused-ring (bicyclic) bond motifs is 1. The molecular formula is C22H29N5O7S2. The summed E-state index contributed by atoms with van der Waals surface area (Å²) >= 11 is 0. The van der Waals surface area contributed by atoms with Crippen LogP contribution in [0.5, 0.6) is 5.75 Å². The van der Waals surface area contributed by atoms with E-state index in [-0.39, 0.29) is 36.7 Å². The first-order chi connectivity index (χ1) is 17.0. The zero-order valence-corrected chi connectivity index (χ0v) is 21.9. The fraction of sp³-hybridized carbons (Fsp3) is 0.500. The maximum absolute atomic E-state index is 13.4. The van der Waals surface area contributed by atoms with Crippen molar-refractivity contribution in [3.8, 4) is 17.1 Å². The molecule has 196 valence electrons. The molecule has 0 aliphatic carbocycles. The number of nitrogens with zero attached hydrogens (tertiary/aromatic N) is 4. The monoisotopic (exact) mass is 539 g/mol. The van der Waals surface area contributed by atoms with E-state index < -0.39 is 31.0 Å². The van der Waals surface area contributed by atoms with Gasteiger partial charge < -0.3 is 9.72 Å².